The molecule has 21 heavy (non-hydrogen) atoms. The summed E-state index contributed by atoms with van der Waals surface area (Å²) in [6.07, 6.45) is -4.51. The van der Waals surface area contributed by atoms with Gasteiger partial charge < -0.3 is 4.57 Å². The normalized spacial score (nSPS) is 15.6. The van der Waals surface area contributed by atoms with Crippen LogP contribution in [0.1, 0.15) is 50.1 Å². The van der Waals surface area contributed by atoms with Gasteiger partial charge in [-0.3, -0.25) is 4.68 Å². The first-order valence-electron chi connectivity index (χ1n) is 6.80. The molecule has 0 aliphatic heterocycles. The van der Waals surface area contributed by atoms with Crippen LogP contribution in [0, 0.1) is 0 Å². The molecule has 0 radical (unpaired) electrons. The molecule has 0 saturated carbocycles. The quantitative estimate of drug-likeness (QED) is 0.793. The Labute approximate surface area is 125 Å². The third-order valence-corrected chi connectivity index (χ3v) is 3.62. The van der Waals surface area contributed by atoms with Gasteiger partial charge in [0.2, 0.25) is 0 Å². The highest BCUT2D eigenvalue weighted by Crippen LogP contribution is 2.34. The number of fused-ring (bicyclic) bond motifs is 1. The second-order valence-corrected chi connectivity index (χ2v) is 5.88. The van der Waals surface area contributed by atoms with E-state index in [9.17, 15) is 13.2 Å². The topological polar surface area (TPSA) is 35.6 Å². The zero-order valence-corrected chi connectivity index (χ0v) is 13.1. The fourth-order valence-corrected chi connectivity index (χ4v) is 2.75. The van der Waals surface area contributed by atoms with Crippen LogP contribution in [0.15, 0.2) is 0 Å². The summed E-state index contributed by atoms with van der Waals surface area (Å²) >= 11 is 6.11. The lowest BCUT2D eigenvalue weighted by atomic mass is 10.2. The van der Waals surface area contributed by atoms with E-state index in [2.05, 4.69) is 10.1 Å². The maximum atomic E-state index is 12.7. The minimum absolute atomic E-state index is 0.450. The summed E-state index contributed by atoms with van der Waals surface area (Å²) in [5.41, 5.74) is 1.99. The Morgan fingerprint density at radius 1 is 1.29 bits per heavy atom. The van der Waals surface area contributed by atoms with Crippen LogP contribution < -0.4 is 0 Å². The summed E-state index contributed by atoms with van der Waals surface area (Å²) in [4.78, 5) is 4.44. The lowest BCUT2D eigenvalue weighted by Crippen LogP contribution is -2.19. The number of hydrogen-bond donors (Lipinski definition) is 0. The summed E-state index contributed by atoms with van der Waals surface area (Å²) < 4.78 is 41.3. The van der Waals surface area contributed by atoms with Crippen molar-refractivity contribution in [1.82, 2.24) is 19.3 Å². The van der Waals surface area contributed by atoms with E-state index >= 15 is 0 Å². The highest BCUT2D eigenvalue weighted by molar-refractivity contribution is 6.20. The zero-order valence-electron chi connectivity index (χ0n) is 12.4. The Kier molecular flexibility index (Phi) is 4.24. The molecule has 0 aliphatic carbocycles. The molecule has 0 fully saturated rings. The van der Waals surface area contributed by atoms with E-state index in [1.807, 2.05) is 6.92 Å². The van der Waals surface area contributed by atoms with Crippen molar-refractivity contribution in [3.05, 3.63) is 11.5 Å². The fourth-order valence-electron chi connectivity index (χ4n) is 2.60. The zero-order chi connectivity index (χ0) is 15.9. The van der Waals surface area contributed by atoms with Crippen LogP contribution in [0.2, 0.25) is 0 Å². The van der Waals surface area contributed by atoms with Crippen molar-refractivity contribution in [2.24, 2.45) is 7.05 Å². The van der Waals surface area contributed by atoms with E-state index in [-0.39, 0.29) is 0 Å². The maximum Gasteiger partial charge on any atom is 0.391 e. The lowest BCUT2D eigenvalue weighted by Gasteiger charge is -2.20. The Balaban J connectivity index is 2.64. The van der Waals surface area contributed by atoms with Crippen LogP contribution in [0.5, 0.6) is 0 Å². The van der Waals surface area contributed by atoms with Crippen LogP contribution in [0.3, 0.4) is 0 Å². The molecule has 2 heterocycles. The number of rotatable bonds is 4. The molecule has 0 spiro atoms. The van der Waals surface area contributed by atoms with Gasteiger partial charge in [0.05, 0.1) is 17.5 Å². The third kappa shape index (κ3) is 3.02. The first kappa shape index (κ1) is 16.1. The molecule has 4 nitrogen and oxygen atoms in total. The van der Waals surface area contributed by atoms with Crippen LogP contribution in [-0.2, 0) is 13.5 Å². The van der Waals surface area contributed by atoms with Crippen molar-refractivity contribution in [3.8, 4) is 0 Å². The number of nitrogens with zero attached hydrogens (tertiary/aromatic N) is 4. The highest BCUT2D eigenvalue weighted by Gasteiger charge is 2.33. The molecule has 2 aromatic heterocycles. The minimum atomic E-state index is -4.24. The summed E-state index contributed by atoms with van der Waals surface area (Å²) in [5, 5.41) is 3.84. The van der Waals surface area contributed by atoms with Gasteiger partial charge in [0.1, 0.15) is 11.3 Å². The molecule has 0 aromatic carbocycles. The van der Waals surface area contributed by atoms with Crippen LogP contribution in [0.25, 0.3) is 11.2 Å². The van der Waals surface area contributed by atoms with Gasteiger partial charge in [-0.25, -0.2) is 4.98 Å². The van der Waals surface area contributed by atoms with Crippen molar-refractivity contribution >= 4 is 22.8 Å². The van der Waals surface area contributed by atoms with Crippen molar-refractivity contribution in [1.29, 1.82) is 0 Å². The second-order valence-electron chi connectivity index (χ2n) is 5.22. The molecule has 0 bridgehead atoms. The Bertz CT molecular complexity index is 642. The van der Waals surface area contributed by atoms with Gasteiger partial charge in [0, 0.05) is 13.1 Å². The number of halogens is 4. The van der Waals surface area contributed by atoms with Crippen molar-refractivity contribution in [2.75, 3.05) is 0 Å². The number of imidazole rings is 1. The average molecular weight is 323 g/mol. The van der Waals surface area contributed by atoms with Gasteiger partial charge in [-0.2, -0.15) is 18.3 Å². The number of aromatic nitrogens is 4. The monoisotopic (exact) mass is 322 g/mol. The molecule has 2 unspecified atom stereocenters. The molecule has 8 heteroatoms. The first-order chi connectivity index (χ1) is 9.65. The first-order valence-corrected chi connectivity index (χ1v) is 7.23. The van der Waals surface area contributed by atoms with Crippen molar-refractivity contribution in [3.63, 3.8) is 0 Å². The van der Waals surface area contributed by atoms with Gasteiger partial charge in [-0.15, -0.1) is 11.6 Å². The highest BCUT2D eigenvalue weighted by atomic mass is 35.5. The van der Waals surface area contributed by atoms with Gasteiger partial charge in [0.15, 0.2) is 5.65 Å². The average Bonchev–Trinajstić information content (AvgIpc) is 2.85. The Morgan fingerprint density at radius 2 is 1.90 bits per heavy atom. The summed E-state index contributed by atoms with van der Waals surface area (Å²) in [6.45, 7) is 5.17. The molecule has 2 aromatic rings. The molecule has 118 valence electrons. The smallest absolute Gasteiger partial charge is 0.308 e. The summed E-state index contributed by atoms with van der Waals surface area (Å²) in [7, 11) is 1.71. The SMILES string of the molecule is CCc1nn(C)c2c1nc(C(C)Cl)n2C(C)CC(F)(F)F. The molecule has 0 N–H and O–H groups in total. The molecule has 0 amide bonds. The van der Waals surface area contributed by atoms with E-state index in [1.54, 1.807) is 23.2 Å². The number of alkyl halides is 4. The summed E-state index contributed by atoms with van der Waals surface area (Å²) in [6, 6.07) is -0.786. The van der Waals surface area contributed by atoms with E-state index in [0.717, 1.165) is 5.69 Å². The predicted octanol–water partition coefficient (Wildman–Crippen LogP) is 4.15. The standard InChI is InChI=1S/C13H18ClF3N4/c1-5-9-10-12(20(4)19-9)21(11(18-10)8(3)14)7(2)6-13(15,16)17/h7-8H,5-6H2,1-4H3. The molecular weight excluding hydrogens is 305 g/mol. The van der Waals surface area contributed by atoms with Crippen LogP contribution >= 0.6 is 11.6 Å². The number of hydrogen-bond acceptors (Lipinski definition) is 2. The van der Waals surface area contributed by atoms with Gasteiger partial charge in [-0.1, -0.05) is 6.92 Å². The van der Waals surface area contributed by atoms with Crippen molar-refractivity contribution < 1.29 is 13.2 Å². The fraction of sp³-hybridized carbons (Fsp3) is 0.692. The minimum Gasteiger partial charge on any atom is -0.308 e. The second kappa shape index (κ2) is 5.51. The molecule has 0 aliphatic rings. The van der Waals surface area contributed by atoms with Crippen molar-refractivity contribution in [2.45, 2.75) is 51.2 Å². The van der Waals surface area contributed by atoms with Crippen LogP contribution in [-0.4, -0.2) is 25.5 Å². The molecule has 2 rings (SSSR count). The maximum absolute atomic E-state index is 12.7. The molecule has 0 saturated heterocycles. The molecular formula is C13H18ClF3N4. The third-order valence-electron chi connectivity index (χ3n) is 3.42. The number of aryl methyl sites for hydroxylation is 2. The van der Waals surface area contributed by atoms with Crippen LogP contribution in [0.4, 0.5) is 13.2 Å². The Morgan fingerprint density at radius 3 is 2.38 bits per heavy atom. The Hall–Kier alpha value is -1.24. The van der Waals surface area contributed by atoms with E-state index in [4.69, 9.17) is 11.6 Å². The summed E-state index contributed by atoms with van der Waals surface area (Å²) in [5.74, 6) is 0.450. The molecule has 2 atom stereocenters. The predicted molar refractivity (Wildman–Crippen MR) is 75.5 cm³/mol. The largest absolute Gasteiger partial charge is 0.391 e. The van der Waals surface area contributed by atoms with Gasteiger partial charge in [0.25, 0.3) is 0 Å². The van der Waals surface area contributed by atoms with E-state index in [0.29, 0.717) is 23.4 Å². The van der Waals surface area contributed by atoms with E-state index in [1.165, 1.54) is 6.92 Å². The lowest BCUT2D eigenvalue weighted by molar-refractivity contribution is -0.141. The van der Waals surface area contributed by atoms with Gasteiger partial charge >= 0.3 is 6.18 Å². The van der Waals surface area contributed by atoms with Gasteiger partial charge in [-0.05, 0) is 20.3 Å². The van der Waals surface area contributed by atoms with E-state index < -0.39 is 24.0 Å².